The minimum absolute atomic E-state index is 1.67. The Kier molecular flexibility index (Phi) is 2.74. The maximum absolute atomic E-state index is 11.4. The predicted molar refractivity (Wildman–Crippen MR) is 21.2 cm³/mol. The molecular formula is C2F8OSi. The Bertz CT molecular complexity index is 155. The molecule has 74 valence electrons. The van der Waals surface area contributed by atoms with Gasteiger partial charge in [-0.25, -0.2) is 12.3 Å². The summed E-state index contributed by atoms with van der Waals surface area (Å²) in [4.78, 5) is 0. The third-order valence-electron chi connectivity index (χ3n) is 0.574. The molecule has 10 heteroatoms. The zero-order valence-corrected chi connectivity index (χ0v) is 5.93. The molecule has 0 saturated carbocycles. The molecule has 0 aliphatic heterocycles. The molecular weight excluding hydrogens is 220 g/mol. The molecule has 0 unspecified atom stereocenters. The molecule has 0 rings (SSSR count). The maximum atomic E-state index is 11.4. The second-order valence-electron chi connectivity index (χ2n) is 1.56. The van der Waals surface area contributed by atoms with E-state index in [2.05, 4.69) is 0 Å². The molecule has 0 aromatic rings. The number of hydrogen-bond donors (Lipinski definition) is 0. The summed E-state index contributed by atoms with van der Waals surface area (Å²) >= 11 is 0. The summed E-state index contributed by atoms with van der Waals surface area (Å²) in [6, 6.07) is 0. The lowest BCUT2D eigenvalue weighted by molar-refractivity contribution is -0.371. The number of alkyl halides is 5. The molecule has 0 N–H and O–H groups in total. The van der Waals surface area contributed by atoms with Crippen LogP contribution in [0.2, 0.25) is 0 Å². The first kappa shape index (κ1) is 11.6. The number of rotatable bonds is 2. The molecule has 0 amide bonds. The van der Waals surface area contributed by atoms with Gasteiger partial charge in [0.15, 0.2) is 0 Å². The van der Waals surface area contributed by atoms with E-state index in [0.29, 0.717) is 0 Å². The van der Waals surface area contributed by atoms with E-state index >= 15 is 0 Å². The summed E-state index contributed by atoms with van der Waals surface area (Å²) in [7, 11) is -7.37. The van der Waals surface area contributed by atoms with Crippen LogP contribution in [0.1, 0.15) is 0 Å². The monoisotopic (exact) mass is 220 g/mol. The molecule has 0 aromatic carbocycles. The summed E-state index contributed by atoms with van der Waals surface area (Å²) in [6.45, 7) is 0. The summed E-state index contributed by atoms with van der Waals surface area (Å²) in [5.41, 5.74) is 0. The Balaban J connectivity index is 4.44. The maximum Gasteiger partial charge on any atom is 0.807 e. The number of halogens is 8. The van der Waals surface area contributed by atoms with Crippen molar-refractivity contribution in [2.24, 2.45) is 0 Å². The summed E-state index contributed by atoms with van der Waals surface area (Å²) in [5.74, 6) is 0. The quantitative estimate of drug-likeness (QED) is 0.394. The van der Waals surface area contributed by atoms with Gasteiger partial charge in [0.25, 0.3) is 0 Å². The van der Waals surface area contributed by atoms with E-state index in [0.717, 1.165) is 0 Å². The van der Waals surface area contributed by atoms with E-state index in [-0.39, 0.29) is 0 Å². The molecule has 0 aliphatic carbocycles. The highest BCUT2D eigenvalue weighted by molar-refractivity contribution is 6.51. The fourth-order valence-electron chi connectivity index (χ4n) is 0.203. The lowest BCUT2D eigenvalue weighted by Crippen LogP contribution is -2.45. The van der Waals surface area contributed by atoms with Crippen LogP contribution in [0.15, 0.2) is 0 Å². The Morgan fingerprint density at radius 3 is 1.25 bits per heavy atom. The highest BCUT2D eigenvalue weighted by atomic mass is 28.5. The normalized spacial score (nSPS) is 15.0. The van der Waals surface area contributed by atoms with Crippen molar-refractivity contribution in [2.75, 3.05) is 0 Å². The molecule has 0 bridgehead atoms. The molecule has 0 heterocycles. The van der Waals surface area contributed by atoms with Gasteiger partial charge in [-0.3, -0.25) is 4.43 Å². The molecule has 0 atom stereocenters. The third-order valence-corrected chi connectivity index (χ3v) is 1.06. The van der Waals surface area contributed by atoms with Gasteiger partial charge in [-0.1, -0.05) is 0 Å². The van der Waals surface area contributed by atoms with Gasteiger partial charge in [0.2, 0.25) is 0 Å². The van der Waals surface area contributed by atoms with Crippen LogP contribution >= 0.6 is 0 Å². The number of hydrogen-bond acceptors (Lipinski definition) is 1. The van der Waals surface area contributed by atoms with Gasteiger partial charge in [-0.05, 0) is 0 Å². The van der Waals surface area contributed by atoms with Crippen LogP contribution < -0.4 is 0 Å². The zero-order chi connectivity index (χ0) is 10.2. The largest absolute Gasteiger partial charge is 0.807 e. The van der Waals surface area contributed by atoms with Gasteiger partial charge in [0.1, 0.15) is 0 Å². The first-order chi connectivity index (χ1) is 4.96. The Labute approximate surface area is 61.6 Å². The molecule has 1 nitrogen and oxygen atoms in total. The van der Waals surface area contributed by atoms with Crippen molar-refractivity contribution >= 4 is 9.32 Å². The summed E-state index contributed by atoms with van der Waals surface area (Å²) in [5, 5.41) is 0. The van der Waals surface area contributed by atoms with Crippen molar-refractivity contribution in [2.45, 2.75) is 12.3 Å². The SMILES string of the molecule is FC(F)(F)C(F)(F)O[Si](F)(F)F. The average molecular weight is 220 g/mol. The standard InChI is InChI=1S/C2F8OSi/c3-1(4,5)2(6,7)11-12(8,9)10. The zero-order valence-electron chi connectivity index (χ0n) is 4.93. The van der Waals surface area contributed by atoms with Crippen LogP contribution in [-0.4, -0.2) is 21.6 Å². The third kappa shape index (κ3) is 3.34. The lowest BCUT2D eigenvalue weighted by atomic mass is 10.6. The van der Waals surface area contributed by atoms with Crippen molar-refractivity contribution in [3.63, 3.8) is 0 Å². The van der Waals surface area contributed by atoms with Gasteiger partial charge < -0.3 is 0 Å². The Morgan fingerprint density at radius 2 is 1.17 bits per heavy atom. The molecule has 0 radical (unpaired) electrons. The fourth-order valence-corrected chi connectivity index (χ4v) is 0.610. The van der Waals surface area contributed by atoms with Crippen molar-refractivity contribution in [1.29, 1.82) is 0 Å². The second kappa shape index (κ2) is 2.83. The van der Waals surface area contributed by atoms with Gasteiger partial charge in [-0.2, -0.15) is 22.0 Å². The minimum atomic E-state index is -7.37. The lowest BCUT2D eigenvalue weighted by Gasteiger charge is -2.19. The first-order valence-electron chi connectivity index (χ1n) is 2.17. The van der Waals surface area contributed by atoms with Gasteiger partial charge in [0.05, 0.1) is 0 Å². The highest BCUT2D eigenvalue weighted by Crippen LogP contribution is 2.39. The molecule has 0 aromatic heterocycles. The minimum Gasteiger partial charge on any atom is -0.274 e. The van der Waals surface area contributed by atoms with E-state index in [1.807, 2.05) is 0 Å². The first-order valence-corrected chi connectivity index (χ1v) is 3.71. The van der Waals surface area contributed by atoms with E-state index in [1.165, 1.54) is 0 Å². The molecule has 0 fully saturated rings. The topological polar surface area (TPSA) is 9.23 Å². The summed E-state index contributed by atoms with van der Waals surface area (Å²) in [6.07, 6.45) is -12.5. The average Bonchev–Trinajstić information content (AvgIpc) is 1.52. The second-order valence-corrected chi connectivity index (χ2v) is 2.66. The molecule has 0 spiro atoms. The van der Waals surface area contributed by atoms with Crippen molar-refractivity contribution in [3.05, 3.63) is 0 Å². The van der Waals surface area contributed by atoms with Crippen LogP contribution in [0, 0.1) is 0 Å². The van der Waals surface area contributed by atoms with Crippen LogP contribution in [0.5, 0.6) is 0 Å². The van der Waals surface area contributed by atoms with Crippen LogP contribution in [0.25, 0.3) is 0 Å². The Morgan fingerprint density at radius 1 is 0.833 bits per heavy atom. The molecule has 0 saturated heterocycles. The van der Waals surface area contributed by atoms with Gasteiger partial charge in [0, 0.05) is 0 Å². The van der Waals surface area contributed by atoms with E-state index in [9.17, 15) is 34.3 Å². The smallest absolute Gasteiger partial charge is 0.274 e. The molecule has 12 heavy (non-hydrogen) atoms. The van der Waals surface area contributed by atoms with Gasteiger partial charge in [-0.15, -0.1) is 0 Å². The highest BCUT2D eigenvalue weighted by Gasteiger charge is 2.66. The van der Waals surface area contributed by atoms with Crippen LogP contribution in [0.3, 0.4) is 0 Å². The van der Waals surface area contributed by atoms with E-state index in [1.54, 1.807) is 4.43 Å². The predicted octanol–water partition coefficient (Wildman–Crippen LogP) is 2.50. The van der Waals surface area contributed by atoms with E-state index in [4.69, 9.17) is 0 Å². The van der Waals surface area contributed by atoms with Crippen molar-refractivity contribution in [1.82, 2.24) is 0 Å². The van der Waals surface area contributed by atoms with Crippen LogP contribution in [-0.2, 0) is 4.43 Å². The van der Waals surface area contributed by atoms with Crippen molar-refractivity contribution in [3.8, 4) is 0 Å². The van der Waals surface area contributed by atoms with E-state index < -0.39 is 21.6 Å². The molecule has 0 aliphatic rings. The summed E-state index contributed by atoms with van der Waals surface area (Å²) < 4.78 is 90.5. The van der Waals surface area contributed by atoms with Gasteiger partial charge >= 0.3 is 21.6 Å². The fraction of sp³-hybridized carbons (Fsp3) is 1.00. The Hall–Kier alpha value is -0.383. The van der Waals surface area contributed by atoms with Crippen LogP contribution in [0.4, 0.5) is 34.3 Å². The van der Waals surface area contributed by atoms with Crippen molar-refractivity contribution < 1.29 is 38.7 Å².